The van der Waals surface area contributed by atoms with Crippen molar-refractivity contribution in [1.82, 2.24) is 0 Å². The number of Topliss-reactive ketones (excluding diaryl/α,β-unsaturated/α-hetero) is 1. The van der Waals surface area contributed by atoms with Crippen molar-refractivity contribution in [1.29, 1.82) is 0 Å². The number of hydrogen-bond donors (Lipinski definition) is 0. The van der Waals surface area contributed by atoms with Gasteiger partial charge in [-0.25, -0.2) is 0 Å². The van der Waals surface area contributed by atoms with E-state index < -0.39 is 17.5 Å². The van der Waals surface area contributed by atoms with Crippen LogP contribution in [0.15, 0.2) is 43.0 Å². The predicted molar refractivity (Wildman–Crippen MR) is 68.0 cm³/mol. The molecule has 1 fully saturated rings. The number of carbonyl (C=O) groups is 2. The molecule has 1 aromatic carbocycles. The summed E-state index contributed by atoms with van der Waals surface area (Å²) in [6.45, 7) is 5.22. The molecule has 0 spiro atoms. The Balaban J connectivity index is 2.16. The van der Waals surface area contributed by atoms with Crippen molar-refractivity contribution >= 4 is 11.8 Å². The van der Waals surface area contributed by atoms with Gasteiger partial charge in [-0.05, 0) is 18.9 Å². The fraction of sp³-hybridized carbons (Fsp3) is 0.333. The van der Waals surface area contributed by atoms with Crippen molar-refractivity contribution in [3.05, 3.63) is 48.6 Å². The maximum atomic E-state index is 12.2. The number of cyclic esters (lactones) is 1. The van der Waals surface area contributed by atoms with Crippen LogP contribution >= 0.6 is 0 Å². The monoisotopic (exact) mass is 244 g/mol. The lowest BCUT2D eigenvalue weighted by molar-refractivity contribution is -0.148. The van der Waals surface area contributed by atoms with Crippen molar-refractivity contribution in [2.24, 2.45) is 5.41 Å². The van der Waals surface area contributed by atoms with E-state index in [-0.39, 0.29) is 5.78 Å². The molecule has 1 aliphatic heterocycles. The normalized spacial score (nSPS) is 27.1. The van der Waals surface area contributed by atoms with Crippen LogP contribution in [-0.4, -0.2) is 17.9 Å². The highest BCUT2D eigenvalue weighted by Crippen LogP contribution is 2.35. The molecule has 0 aliphatic carbocycles. The molecular formula is C15H16O3. The minimum atomic E-state index is -1.05. The van der Waals surface area contributed by atoms with Crippen LogP contribution in [0.3, 0.4) is 0 Å². The van der Waals surface area contributed by atoms with Gasteiger partial charge in [-0.1, -0.05) is 36.4 Å². The molecule has 94 valence electrons. The van der Waals surface area contributed by atoms with Crippen LogP contribution in [0.25, 0.3) is 0 Å². The topological polar surface area (TPSA) is 43.4 Å². The fourth-order valence-corrected chi connectivity index (χ4v) is 2.20. The van der Waals surface area contributed by atoms with Crippen LogP contribution in [-0.2, 0) is 20.7 Å². The average molecular weight is 244 g/mol. The first-order chi connectivity index (χ1) is 8.58. The predicted octanol–water partition coefficient (Wildman–Crippen LogP) is 2.31. The molecule has 1 saturated heterocycles. The second-order valence-electron chi connectivity index (χ2n) is 4.77. The first-order valence-electron chi connectivity index (χ1n) is 5.98. The number of hydrogen-bond acceptors (Lipinski definition) is 3. The molecular weight excluding hydrogens is 228 g/mol. The Hall–Kier alpha value is -1.90. The van der Waals surface area contributed by atoms with Gasteiger partial charge in [0.2, 0.25) is 0 Å². The zero-order chi connectivity index (χ0) is 13.2. The SMILES string of the molecule is C=CC[C@@]1(C)C(=O)O[C@@H](Cc2ccccc2)C1=O. The smallest absolute Gasteiger partial charge is 0.320 e. The van der Waals surface area contributed by atoms with Crippen molar-refractivity contribution in [2.75, 3.05) is 0 Å². The number of benzene rings is 1. The Bertz CT molecular complexity index is 478. The van der Waals surface area contributed by atoms with Gasteiger partial charge >= 0.3 is 5.97 Å². The number of esters is 1. The molecule has 0 aromatic heterocycles. The summed E-state index contributed by atoms with van der Waals surface area (Å²) in [5, 5.41) is 0. The van der Waals surface area contributed by atoms with Gasteiger partial charge in [-0.15, -0.1) is 6.58 Å². The maximum absolute atomic E-state index is 12.2. The quantitative estimate of drug-likeness (QED) is 0.464. The van der Waals surface area contributed by atoms with Crippen LogP contribution in [0, 0.1) is 5.41 Å². The molecule has 0 radical (unpaired) electrons. The number of carbonyl (C=O) groups excluding carboxylic acids is 2. The Kier molecular flexibility index (Phi) is 3.32. The summed E-state index contributed by atoms with van der Waals surface area (Å²) in [4.78, 5) is 24.0. The van der Waals surface area contributed by atoms with Gasteiger partial charge in [0.25, 0.3) is 0 Å². The van der Waals surface area contributed by atoms with Crippen LogP contribution < -0.4 is 0 Å². The summed E-state index contributed by atoms with van der Waals surface area (Å²) in [6, 6.07) is 9.56. The first kappa shape index (κ1) is 12.6. The zero-order valence-electron chi connectivity index (χ0n) is 10.4. The lowest BCUT2D eigenvalue weighted by atomic mass is 9.81. The van der Waals surface area contributed by atoms with E-state index in [0.29, 0.717) is 12.8 Å². The van der Waals surface area contributed by atoms with Gasteiger partial charge in [0, 0.05) is 6.42 Å². The summed E-state index contributed by atoms with van der Waals surface area (Å²) < 4.78 is 5.21. The molecule has 1 aromatic rings. The zero-order valence-corrected chi connectivity index (χ0v) is 10.4. The Morgan fingerprint density at radius 1 is 1.33 bits per heavy atom. The minimum Gasteiger partial charge on any atom is -0.453 e. The number of ether oxygens (including phenoxy) is 1. The highest BCUT2D eigenvalue weighted by atomic mass is 16.6. The molecule has 0 bridgehead atoms. The number of ketones is 1. The summed E-state index contributed by atoms with van der Waals surface area (Å²) >= 11 is 0. The Labute approximate surface area is 106 Å². The van der Waals surface area contributed by atoms with Gasteiger partial charge in [0.15, 0.2) is 11.9 Å². The van der Waals surface area contributed by atoms with Gasteiger partial charge in [0.1, 0.15) is 5.41 Å². The van der Waals surface area contributed by atoms with E-state index in [4.69, 9.17) is 4.74 Å². The molecule has 1 aliphatic rings. The minimum absolute atomic E-state index is 0.142. The van der Waals surface area contributed by atoms with Crippen LogP contribution in [0.4, 0.5) is 0 Å². The first-order valence-corrected chi connectivity index (χ1v) is 5.98. The van der Waals surface area contributed by atoms with E-state index in [0.717, 1.165) is 5.56 Å². The van der Waals surface area contributed by atoms with Gasteiger partial charge < -0.3 is 4.74 Å². The molecule has 0 amide bonds. The van der Waals surface area contributed by atoms with Crippen molar-refractivity contribution in [3.63, 3.8) is 0 Å². The molecule has 0 saturated carbocycles. The standard InChI is InChI=1S/C15H16O3/c1-3-9-15(2)13(16)12(18-14(15)17)10-11-7-5-4-6-8-11/h3-8,12H,1,9-10H2,2H3/t12-,15+/m0/s1. The third-order valence-electron chi connectivity index (χ3n) is 3.35. The summed E-state index contributed by atoms with van der Waals surface area (Å²) in [6.07, 6.45) is 1.70. The Morgan fingerprint density at radius 3 is 2.61 bits per heavy atom. The molecule has 1 heterocycles. The maximum Gasteiger partial charge on any atom is 0.320 e. The largest absolute Gasteiger partial charge is 0.453 e. The van der Waals surface area contributed by atoms with E-state index in [2.05, 4.69) is 6.58 Å². The van der Waals surface area contributed by atoms with E-state index in [9.17, 15) is 9.59 Å². The molecule has 3 nitrogen and oxygen atoms in total. The highest BCUT2D eigenvalue weighted by Gasteiger charge is 2.52. The fourth-order valence-electron chi connectivity index (χ4n) is 2.20. The van der Waals surface area contributed by atoms with Crippen LogP contribution in [0.1, 0.15) is 18.9 Å². The lowest BCUT2D eigenvalue weighted by Gasteiger charge is -2.14. The van der Waals surface area contributed by atoms with Gasteiger partial charge in [-0.2, -0.15) is 0 Å². The summed E-state index contributed by atoms with van der Waals surface area (Å²) in [5.74, 6) is -0.579. The van der Waals surface area contributed by atoms with Crippen molar-refractivity contribution in [3.8, 4) is 0 Å². The Morgan fingerprint density at radius 2 is 2.00 bits per heavy atom. The third kappa shape index (κ3) is 2.08. The van der Waals surface area contributed by atoms with E-state index in [1.807, 2.05) is 30.3 Å². The molecule has 0 N–H and O–H groups in total. The molecule has 2 rings (SSSR count). The average Bonchev–Trinajstić information content (AvgIpc) is 2.56. The highest BCUT2D eigenvalue weighted by molar-refractivity contribution is 6.10. The lowest BCUT2D eigenvalue weighted by Crippen LogP contribution is -2.32. The summed E-state index contributed by atoms with van der Waals surface area (Å²) in [7, 11) is 0. The molecule has 18 heavy (non-hydrogen) atoms. The molecule has 2 atom stereocenters. The van der Waals surface area contributed by atoms with Crippen LogP contribution in [0.2, 0.25) is 0 Å². The van der Waals surface area contributed by atoms with Gasteiger partial charge in [0.05, 0.1) is 0 Å². The number of allylic oxidation sites excluding steroid dienone is 1. The van der Waals surface area contributed by atoms with E-state index in [1.165, 1.54) is 0 Å². The molecule has 0 unspecified atom stereocenters. The van der Waals surface area contributed by atoms with Gasteiger partial charge in [-0.3, -0.25) is 9.59 Å². The van der Waals surface area contributed by atoms with E-state index >= 15 is 0 Å². The second kappa shape index (κ2) is 4.77. The second-order valence-corrected chi connectivity index (χ2v) is 4.77. The van der Waals surface area contributed by atoms with Crippen molar-refractivity contribution < 1.29 is 14.3 Å². The third-order valence-corrected chi connectivity index (χ3v) is 3.35. The summed E-state index contributed by atoms with van der Waals surface area (Å²) in [5.41, 5.74) is -0.0622. The van der Waals surface area contributed by atoms with Crippen LogP contribution in [0.5, 0.6) is 0 Å². The van der Waals surface area contributed by atoms with E-state index in [1.54, 1.807) is 13.0 Å². The molecule has 3 heteroatoms. The van der Waals surface area contributed by atoms with Crippen molar-refractivity contribution in [2.45, 2.75) is 25.9 Å². The number of rotatable bonds is 4.